The number of alkyl halides is 3. The molecule has 4 aromatic rings. The summed E-state index contributed by atoms with van der Waals surface area (Å²) in [6, 6.07) is 20.8. The Morgan fingerprint density at radius 2 is 1.54 bits per heavy atom. The molecule has 39 heavy (non-hydrogen) atoms. The molecule has 0 radical (unpaired) electrons. The van der Waals surface area contributed by atoms with E-state index in [0.717, 1.165) is 39.3 Å². The predicted octanol–water partition coefficient (Wildman–Crippen LogP) is 10.8. The lowest BCUT2D eigenvalue weighted by Crippen LogP contribution is -2.23. The largest absolute Gasteiger partial charge is 0.487 e. The highest BCUT2D eigenvalue weighted by molar-refractivity contribution is 7.10. The summed E-state index contributed by atoms with van der Waals surface area (Å²) in [7, 11) is 0. The third-order valence-corrected chi connectivity index (χ3v) is 7.92. The van der Waals surface area contributed by atoms with Gasteiger partial charge in [0.2, 0.25) is 0 Å². The summed E-state index contributed by atoms with van der Waals surface area (Å²) >= 11 is 14.7. The lowest BCUT2D eigenvalue weighted by molar-refractivity contribution is -0.137. The molecule has 1 unspecified atom stereocenters. The Labute approximate surface area is 241 Å². The van der Waals surface area contributed by atoms with Crippen LogP contribution in [0.3, 0.4) is 0 Å². The first-order valence-corrected chi connectivity index (χ1v) is 14.1. The maximum absolute atomic E-state index is 13.0. The van der Waals surface area contributed by atoms with Crippen LogP contribution in [0.5, 0.6) is 5.75 Å². The van der Waals surface area contributed by atoms with Crippen molar-refractivity contribution in [1.82, 2.24) is 0 Å². The zero-order valence-electron chi connectivity index (χ0n) is 21.8. The van der Waals surface area contributed by atoms with Gasteiger partial charge in [0, 0.05) is 4.88 Å². The number of ether oxygens (including phenoxy) is 2. The van der Waals surface area contributed by atoms with Gasteiger partial charge in [-0.05, 0) is 85.5 Å². The van der Waals surface area contributed by atoms with Crippen molar-refractivity contribution in [2.75, 3.05) is 0 Å². The average Bonchev–Trinajstić information content (AvgIpc) is 3.37. The Morgan fingerprint density at radius 3 is 2.18 bits per heavy atom. The van der Waals surface area contributed by atoms with Gasteiger partial charge in [-0.25, -0.2) is 0 Å². The number of hydrogen-bond acceptors (Lipinski definition) is 3. The Hall–Kier alpha value is -2.51. The fourth-order valence-electron chi connectivity index (χ4n) is 4.06. The molecule has 1 aromatic heterocycles. The fourth-order valence-corrected chi connectivity index (χ4v) is 5.54. The van der Waals surface area contributed by atoms with E-state index in [9.17, 15) is 13.2 Å². The minimum absolute atomic E-state index is 0.251. The van der Waals surface area contributed by atoms with Crippen molar-refractivity contribution >= 4 is 34.5 Å². The molecule has 2 nitrogen and oxygen atoms in total. The van der Waals surface area contributed by atoms with E-state index >= 15 is 0 Å². The molecule has 0 saturated carbocycles. The summed E-state index contributed by atoms with van der Waals surface area (Å²) in [5.74, 6) is 0.536. The van der Waals surface area contributed by atoms with E-state index in [0.29, 0.717) is 35.2 Å². The molecule has 0 aliphatic rings. The Morgan fingerprint density at radius 1 is 0.846 bits per heavy atom. The molecule has 3 aromatic carbocycles. The number of aryl methyl sites for hydroxylation is 1. The molecule has 0 spiro atoms. The summed E-state index contributed by atoms with van der Waals surface area (Å²) in [6.45, 7) is 6.26. The van der Waals surface area contributed by atoms with Gasteiger partial charge in [-0.15, -0.1) is 11.3 Å². The van der Waals surface area contributed by atoms with Crippen LogP contribution in [-0.2, 0) is 23.9 Å². The van der Waals surface area contributed by atoms with Gasteiger partial charge in [0.05, 0.1) is 23.3 Å². The standard InChI is InChI=1S/C31H29Cl2F3O2S/c1-30(2,3)38-26-16-12-22(28(32)29(26)33)11-15-25(37-18-20-7-5-4-6-8-20)27-17-23(19-39-27)21-9-13-24(14-10-21)31(34,35)36/h4-10,12-14,16-17,19,25H,11,15,18H2,1-3H3. The minimum Gasteiger partial charge on any atom is -0.487 e. The van der Waals surface area contributed by atoms with Crippen LogP contribution >= 0.6 is 34.5 Å². The van der Waals surface area contributed by atoms with Crippen LogP contribution in [0, 0.1) is 0 Å². The van der Waals surface area contributed by atoms with Gasteiger partial charge in [-0.1, -0.05) is 71.7 Å². The zero-order chi connectivity index (χ0) is 28.2. The highest BCUT2D eigenvalue weighted by Crippen LogP contribution is 2.39. The van der Waals surface area contributed by atoms with Crippen molar-refractivity contribution in [2.24, 2.45) is 0 Å². The SMILES string of the molecule is CC(C)(C)Oc1ccc(CCC(OCc2ccccc2)c2cc(-c3ccc(C(F)(F)F)cc3)cs2)c(Cl)c1Cl. The van der Waals surface area contributed by atoms with Crippen molar-refractivity contribution in [3.63, 3.8) is 0 Å². The van der Waals surface area contributed by atoms with E-state index in [-0.39, 0.29) is 6.10 Å². The molecule has 1 atom stereocenters. The van der Waals surface area contributed by atoms with Gasteiger partial charge in [-0.3, -0.25) is 0 Å². The zero-order valence-corrected chi connectivity index (χ0v) is 24.1. The number of hydrogen-bond donors (Lipinski definition) is 0. The molecular weight excluding hydrogens is 564 g/mol. The molecule has 0 N–H and O–H groups in total. The molecule has 0 aliphatic carbocycles. The van der Waals surface area contributed by atoms with Gasteiger partial charge in [0.15, 0.2) is 0 Å². The van der Waals surface area contributed by atoms with E-state index in [1.165, 1.54) is 23.5 Å². The number of thiophene rings is 1. The summed E-state index contributed by atoms with van der Waals surface area (Å²) in [4.78, 5) is 0.982. The lowest BCUT2D eigenvalue weighted by Gasteiger charge is -2.23. The molecule has 0 fully saturated rings. The van der Waals surface area contributed by atoms with Crippen LogP contribution in [0.1, 0.15) is 54.9 Å². The smallest absolute Gasteiger partial charge is 0.416 e. The van der Waals surface area contributed by atoms with E-state index in [2.05, 4.69) is 0 Å². The van der Waals surface area contributed by atoms with Gasteiger partial charge < -0.3 is 9.47 Å². The van der Waals surface area contributed by atoms with Crippen LogP contribution in [-0.4, -0.2) is 5.60 Å². The summed E-state index contributed by atoms with van der Waals surface area (Å²) < 4.78 is 51.3. The topological polar surface area (TPSA) is 18.5 Å². The molecule has 1 heterocycles. The normalized spacial score (nSPS) is 12.9. The second-order valence-corrected chi connectivity index (χ2v) is 11.9. The molecule has 0 amide bonds. The third kappa shape index (κ3) is 8.01. The third-order valence-electron chi connectivity index (χ3n) is 6.00. The Balaban J connectivity index is 1.54. The van der Waals surface area contributed by atoms with Gasteiger partial charge in [0.1, 0.15) is 16.4 Å². The fraction of sp³-hybridized carbons (Fsp3) is 0.290. The van der Waals surface area contributed by atoms with Crippen LogP contribution in [0.2, 0.25) is 10.0 Å². The molecular formula is C31H29Cl2F3O2S. The Kier molecular flexibility index (Phi) is 9.33. The van der Waals surface area contributed by atoms with E-state index in [1.807, 2.05) is 74.7 Å². The maximum Gasteiger partial charge on any atom is 0.416 e. The minimum atomic E-state index is -4.37. The molecule has 206 valence electrons. The first kappa shape index (κ1) is 29.5. The Bertz CT molecular complexity index is 1380. The van der Waals surface area contributed by atoms with Crippen LogP contribution in [0.15, 0.2) is 78.2 Å². The number of halogens is 5. The van der Waals surface area contributed by atoms with Crippen molar-refractivity contribution < 1.29 is 22.6 Å². The summed E-state index contributed by atoms with van der Waals surface area (Å²) in [6.07, 6.45) is -3.37. The van der Waals surface area contributed by atoms with E-state index in [4.69, 9.17) is 32.7 Å². The molecule has 4 rings (SSSR count). The molecule has 0 aliphatic heterocycles. The van der Waals surface area contributed by atoms with Gasteiger partial charge in [0.25, 0.3) is 0 Å². The highest BCUT2D eigenvalue weighted by atomic mass is 35.5. The predicted molar refractivity (Wildman–Crippen MR) is 154 cm³/mol. The van der Waals surface area contributed by atoms with Gasteiger partial charge >= 0.3 is 6.18 Å². The molecule has 0 saturated heterocycles. The van der Waals surface area contributed by atoms with Crippen molar-refractivity contribution in [3.05, 3.63) is 110 Å². The summed E-state index contributed by atoms with van der Waals surface area (Å²) in [5.41, 5.74) is 2.43. The molecule has 8 heteroatoms. The van der Waals surface area contributed by atoms with Crippen LogP contribution < -0.4 is 4.74 Å². The first-order valence-electron chi connectivity index (χ1n) is 12.5. The van der Waals surface area contributed by atoms with E-state index < -0.39 is 17.3 Å². The second-order valence-electron chi connectivity index (χ2n) is 10.2. The summed E-state index contributed by atoms with van der Waals surface area (Å²) in [5, 5.41) is 2.78. The van der Waals surface area contributed by atoms with Crippen LogP contribution in [0.25, 0.3) is 11.1 Å². The van der Waals surface area contributed by atoms with Crippen LogP contribution in [0.4, 0.5) is 13.2 Å². The van der Waals surface area contributed by atoms with Gasteiger partial charge in [-0.2, -0.15) is 13.2 Å². The maximum atomic E-state index is 13.0. The number of rotatable bonds is 9. The quantitative estimate of drug-likeness (QED) is 0.192. The monoisotopic (exact) mass is 592 g/mol. The van der Waals surface area contributed by atoms with Crippen molar-refractivity contribution in [1.29, 1.82) is 0 Å². The molecule has 0 bridgehead atoms. The average molecular weight is 594 g/mol. The first-order chi connectivity index (χ1) is 18.4. The van der Waals surface area contributed by atoms with Crippen molar-refractivity contribution in [2.45, 2.75) is 58.1 Å². The second kappa shape index (κ2) is 12.3. The lowest BCUT2D eigenvalue weighted by atomic mass is 10.0. The number of benzene rings is 3. The van der Waals surface area contributed by atoms with E-state index in [1.54, 1.807) is 0 Å². The van der Waals surface area contributed by atoms with Crippen molar-refractivity contribution in [3.8, 4) is 16.9 Å². The highest BCUT2D eigenvalue weighted by Gasteiger charge is 2.30.